The maximum absolute atomic E-state index is 14.0. The monoisotopic (exact) mass is 885 g/mol. The summed E-state index contributed by atoms with van der Waals surface area (Å²) in [6.45, 7) is 17.1. The molecule has 15 heteroatoms. The highest BCUT2D eigenvalue weighted by atomic mass is 16.2. The summed E-state index contributed by atoms with van der Waals surface area (Å²) < 4.78 is 0. The van der Waals surface area contributed by atoms with Crippen molar-refractivity contribution in [3.63, 3.8) is 0 Å². The molecule has 0 spiro atoms. The van der Waals surface area contributed by atoms with Gasteiger partial charge in [-0.05, 0) is 93.6 Å². The van der Waals surface area contributed by atoms with Gasteiger partial charge in [0.05, 0.1) is 35.9 Å². The Labute approximate surface area is 384 Å². The SMILES string of the molecule is CC(C)[C@H](NC(=O)N1CCN(C)CC1)C(=O)N1CCC[C@H]1c1ncc(-c2ccc(C#Cc3ccc(-c4cnc([C@@H]5CCCN5C[C@@H](NC(=O)N5CCN(C)CC5)C(C)C)[nH]4)cc3)cc2)[nH]1. The third-order valence-electron chi connectivity index (χ3n) is 13.8. The number of likely N-dealkylation sites (tertiary alicyclic amines) is 2. The van der Waals surface area contributed by atoms with Gasteiger partial charge in [-0.15, -0.1) is 0 Å². The van der Waals surface area contributed by atoms with Crippen LogP contribution in [-0.4, -0.2) is 165 Å². The minimum atomic E-state index is -0.605. The van der Waals surface area contributed by atoms with Crippen molar-refractivity contribution in [1.82, 2.24) is 60.0 Å². The number of aromatic amines is 2. The molecular weight excluding hydrogens is 817 g/mol. The lowest BCUT2D eigenvalue weighted by Gasteiger charge is -2.35. The molecule has 0 aliphatic carbocycles. The predicted octanol–water partition coefficient (Wildman–Crippen LogP) is 5.63. The zero-order chi connectivity index (χ0) is 45.6. The Balaban J connectivity index is 0.850. The second-order valence-corrected chi connectivity index (χ2v) is 19.2. The molecule has 0 bridgehead atoms. The van der Waals surface area contributed by atoms with Crippen molar-refractivity contribution >= 4 is 18.0 Å². The van der Waals surface area contributed by atoms with Crippen LogP contribution >= 0.6 is 0 Å². The lowest BCUT2D eigenvalue weighted by atomic mass is 10.0. The van der Waals surface area contributed by atoms with E-state index in [0.29, 0.717) is 25.6 Å². The van der Waals surface area contributed by atoms with E-state index < -0.39 is 6.04 Å². The third kappa shape index (κ3) is 11.1. The van der Waals surface area contributed by atoms with Gasteiger partial charge in [0.1, 0.15) is 17.7 Å². The molecule has 4 aromatic rings. The van der Waals surface area contributed by atoms with Gasteiger partial charge < -0.3 is 45.1 Å². The maximum Gasteiger partial charge on any atom is 0.318 e. The number of urea groups is 2. The number of amides is 5. The number of H-pyrrole nitrogens is 2. The molecule has 346 valence electrons. The van der Waals surface area contributed by atoms with Gasteiger partial charge in [-0.25, -0.2) is 19.6 Å². The molecule has 4 aliphatic rings. The van der Waals surface area contributed by atoms with Crippen LogP contribution in [0.25, 0.3) is 22.5 Å². The molecule has 4 atom stereocenters. The molecule has 2 aromatic heterocycles. The molecule has 15 nitrogen and oxygen atoms in total. The van der Waals surface area contributed by atoms with Gasteiger partial charge in [-0.3, -0.25) is 9.69 Å². The van der Waals surface area contributed by atoms with Gasteiger partial charge in [-0.2, -0.15) is 0 Å². The highest BCUT2D eigenvalue weighted by Crippen LogP contribution is 2.34. The number of hydrogen-bond acceptors (Lipinski definition) is 8. The average molecular weight is 885 g/mol. The fourth-order valence-corrected chi connectivity index (χ4v) is 9.45. The number of nitrogens with zero attached hydrogens (tertiary/aromatic N) is 8. The molecule has 4 saturated heterocycles. The van der Waals surface area contributed by atoms with Crippen molar-refractivity contribution in [3.8, 4) is 34.4 Å². The average Bonchev–Trinajstić information content (AvgIpc) is 4.16. The molecule has 5 amide bonds. The second-order valence-electron chi connectivity index (χ2n) is 19.2. The van der Waals surface area contributed by atoms with Crippen LogP contribution in [0.4, 0.5) is 9.59 Å². The van der Waals surface area contributed by atoms with Crippen LogP contribution in [0.5, 0.6) is 0 Å². The number of hydrogen-bond donors (Lipinski definition) is 4. The van der Waals surface area contributed by atoms with Crippen LogP contribution in [0.2, 0.25) is 0 Å². The standard InChI is InChI=1S/C50H68N12O3/c1-34(2)42(55-49(64)59-27-23-57(5)24-28-59)33-61-21-7-9-43(61)46-51-31-40(53-46)38-17-13-36(14-18-38)11-12-37-15-19-39(20-16-37)41-32-52-47(54-41)44-10-8-22-62(44)48(63)45(35(3)4)56-50(65)60-29-25-58(6)26-30-60/h13-20,31-32,34-35,42-45H,7-10,21-30,33H2,1-6H3,(H,51,53)(H,52,54)(H,55,64)(H,56,65)/t42-,43+,44+,45+/m1/s1. The first-order valence-corrected chi connectivity index (χ1v) is 23.8. The Bertz CT molecular complexity index is 2290. The maximum atomic E-state index is 14.0. The van der Waals surface area contributed by atoms with Crippen molar-refractivity contribution in [2.24, 2.45) is 11.8 Å². The number of nitrogens with one attached hydrogen (secondary N) is 4. The normalized spacial score (nSPS) is 20.8. The Morgan fingerprint density at radius 1 is 0.631 bits per heavy atom. The second kappa shape index (κ2) is 20.6. The van der Waals surface area contributed by atoms with E-state index in [1.807, 2.05) is 77.3 Å². The van der Waals surface area contributed by atoms with E-state index >= 15 is 0 Å². The Hall–Kier alpha value is -5.69. The Morgan fingerprint density at radius 3 is 1.62 bits per heavy atom. The summed E-state index contributed by atoms with van der Waals surface area (Å²) in [6, 6.07) is 15.7. The van der Waals surface area contributed by atoms with Crippen LogP contribution < -0.4 is 10.6 Å². The number of carbonyl (C=O) groups excluding carboxylic acids is 3. The van der Waals surface area contributed by atoms with Crippen molar-refractivity contribution in [1.29, 1.82) is 0 Å². The van der Waals surface area contributed by atoms with Crippen molar-refractivity contribution < 1.29 is 14.4 Å². The third-order valence-corrected chi connectivity index (χ3v) is 13.8. The summed E-state index contributed by atoms with van der Waals surface area (Å²) in [5, 5.41) is 6.42. The van der Waals surface area contributed by atoms with Crippen LogP contribution in [-0.2, 0) is 4.79 Å². The van der Waals surface area contributed by atoms with E-state index in [2.05, 4.69) is 87.2 Å². The lowest BCUT2D eigenvalue weighted by molar-refractivity contribution is -0.135. The molecule has 4 aliphatic heterocycles. The van der Waals surface area contributed by atoms with Gasteiger partial charge in [-0.1, -0.05) is 63.8 Å². The molecule has 4 N–H and O–H groups in total. The molecule has 6 heterocycles. The zero-order valence-electron chi connectivity index (χ0n) is 39.1. The zero-order valence-corrected chi connectivity index (χ0v) is 39.1. The van der Waals surface area contributed by atoms with Crippen LogP contribution in [0.1, 0.15) is 88.2 Å². The number of carbonyl (C=O) groups is 3. The van der Waals surface area contributed by atoms with E-state index in [0.717, 1.165) is 123 Å². The van der Waals surface area contributed by atoms with Crippen LogP contribution in [0.3, 0.4) is 0 Å². The number of benzene rings is 2. The lowest BCUT2D eigenvalue weighted by Crippen LogP contribution is -2.57. The summed E-state index contributed by atoms with van der Waals surface area (Å²) >= 11 is 0. The number of piperazine rings is 2. The number of rotatable bonds is 11. The molecular formula is C50H68N12O3. The summed E-state index contributed by atoms with van der Waals surface area (Å²) in [6.07, 6.45) is 7.58. The van der Waals surface area contributed by atoms with Crippen LogP contribution in [0.15, 0.2) is 60.9 Å². The highest BCUT2D eigenvalue weighted by Gasteiger charge is 2.38. The number of aromatic nitrogens is 4. The molecule has 0 unspecified atom stereocenters. The first-order chi connectivity index (χ1) is 31.4. The minimum Gasteiger partial charge on any atom is -0.341 e. The van der Waals surface area contributed by atoms with Gasteiger partial charge >= 0.3 is 12.1 Å². The van der Waals surface area contributed by atoms with E-state index in [1.165, 1.54) is 0 Å². The van der Waals surface area contributed by atoms with Gasteiger partial charge in [0.25, 0.3) is 0 Å². The Morgan fingerprint density at radius 2 is 1.11 bits per heavy atom. The molecule has 2 aromatic carbocycles. The predicted molar refractivity (Wildman–Crippen MR) is 254 cm³/mol. The molecule has 0 radical (unpaired) electrons. The molecule has 65 heavy (non-hydrogen) atoms. The van der Waals surface area contributed by atoms with Crippen molar-refractivity contribution in [3.05, 3.63) is 83.7 Å². The van der Waals surface area contributed by atoms with E-state index in [9.17, 15) is 14.4 Å². The largest absolute Gasteiger partial charge is 0.341 e. The summed E-state index contributed by atoms with van der Waals surface area (Å²) in [5.41, 5.74) is 5.73. The molecule has 4 fully saturated rings. The van der Waals surface area contributed by atoms with Crippen molar-refractivity contribution in [2.45, 2.75) is 77.5 Å². The van der Waals surface area contributed by atoms with E-state index in [-0.39, 0.29) is 42.0 Å². The quantitative estimate of drug-likeness (QED) is 0.142. The topological polar surface area (TPSA) is 152 Å². The summed E-state index contributed by atoms with van der Waals surface area (Å²) in [5.74, 6) is 8.56. The molecule has 0 saturated carbocycles. The van der Waals surface area contributed by atoms with Gasteiger partial charge in [0.15, 0.2) is 0 Å². The fourth-order valence-electron chi connectivity index (χ4n) is 9.45. The number of imidazole rings is 2. The highest BCUT2D eigenvalue weighted by molar-refractivity contribution is 5.88. The Kier molecular flexibility index (Phi) is 14.6. The van der Waals surface area contributed by atoms with Gasteiger partial charge in [0.2, 0.25) is 5.91 Å². The first-order valence-electron chi connectivity index (χ1n) is 23.8. The summed E-state index contributed by atoms with van der Waals surface area (Å²) in [7, 11) is 4.16. The minimum absolute atomic E-state index is 0.0454. The smallest absolute Gasteiger partial charge is 0.318 e. The van der Waals surface area contributed by atoms with Gasteiger partial charge in [0, 0.05) is 82.6 Å². The van der Waals surface area contributed by atoms with Crippen molar-refractivity contribution in [2.75, 3.05) is 86.1 Å². The van der Waals surface area contributed by atoms with Crippen LogP contribution in [0, 0.1) is 23.7 Å². The first kappa shape index (κ1) is 45.9. The summed E-state index contributed by atoms with van der Waals surface area (Å²) in [4.78, 5) is 69.6. The fraction of sp³-hybridized carbons (Fsp3) is 0.540. The van der Waals surface area contributed by atoms with E-state index in [1.54, 1.807) is 0 Å². The van der Waals surface area contributed by atoms with E-state index in [4.69, 9.17) is 9.97 Å². The molecule has 8 rings (SSSR count). The number of likely N-dealkylation sites (N-methyl/N-ethyl adjacent to an activating group) is 2.